The first-order valence-electron chi connectivity index (χ1n) is 8.04. The molecule has 126 valence electrons. The van der Waals surface area contributed by atoms with E-state index in [2.05, 4.69) is 4.90 Å². The third-order valence-corrected chi connectivity index (χ3v) is 4.90. The van der Waals surface area contributed by atoms with Gasteiger partial charge in [0.1, 0.15) is 0 Å². The molecule has 1 fully saturated rings. The van der Waals surface area contributed by atoms with Crippen LogP contribution in [0.3, 0.4) is 0 Å². The number of hydrogen-bond donors (Lipinski definition) is 0. The molecule has 0 unspecified atom stereocenters. The lowest BCUT2D eigenvalue weighted by Crippen LogP contribution is -2.49. The summed E-state index contributed by atoms with van der Waals surface area (Å²) in [5.41, 5.74) is 1.46. The summed E-state index contributed by atoms with van der Waals surface area (Å²) < 4.78 is 5.14. The topological polar surface area (TPSA) is 49.9 Å². The zero-order valence-electron chi connectivity index (χ0n) is 13.6. The van der Waals surface area contributed by atoms with Crippen molar-refractivity contribution in [1.82, 2.24) is 4.90 Å². The quantitative estimate of drug-likeness (QED) is 0.800. The van der Waals surface area contributed by atoms with E-state index in [1.54, 1.807) is 13.0 Å². The molecule has 0 radical (unpaired) electrons. The second-order valence-electron chi connectivity index (χ2n) is 5.49. The van der Waals surface area contributed by atoms with Gasteiger partial charge in [0.2, 0.25) is 0 Å². The van der Waals surface area contributed by atoms with Crippen molar-refractivity contribution in [3.8, 4) is 0 Å². The molecule has 0 atom stereocenters. The minimum atomic E-state index is -0.301. The lowest BCUT2D eigenvalue weighted by molar-refractivity contribution is 0.0526. The molecule has 5 nitrogen and oxygen atoms in total. The number of ether oxygens (including phenoxy) is 1. The van der Waals surface area contributed by atoms with Gasteiger partial charge in [-0.2, -0.15) is 0 Å². The van der Waals surface area contributed by atoms with Crippen LogP contribution in [0.2, 0.25) is 0 Å². The first kappa shape index (κ1) is 16.5. The Labute approximate surface area is 145 Å². The van der Waals surface area contributed by atoms with Gasteiger partial charge in [-0.15, -0.1) is 11.3 Å². The standard InChI is InChI=1S/C18H20N2O3S/c1-2-23-18(22)14-6-3-4-7-15(14)19-9-11-20(12-10-19)17(21)16-8-5-13-24-16/h3-8,13H,2,9-12H2,1H3. The Hall–Kier alpha value is -2.34. The summed E-state index contributed by atoms with van der Waals surface area (Å²) in [6.07, 6.45) is 0. The van der Waals surface area contributed by atoms with E-state index in [0.717, 1.165) is 10.6 Å². The third-order valence-electron chi connectivity index (χ3n) is 4.04. The Morgan fingerprint density at radius 1 is 1.08 bits per heavy atom. The Bertz CT molecular complexity index is 707. The summed E-state index contributed by atoms with van der Waals surface area (Å²) >= 11 is 1.47. The summed E-state index contributed by atoms with van der Waals surface area (Å²) in [6.45, 7) is 4.86. The van der Waals surface area contributed by atoms with Gasteiger partial charge in [0.15, 0.2) is 0 Å². The van der Waals surface area contributed by atoms with Gasteiger partial charge in [-0.1, -0.05) is 18.2 Å². The van der Waals surface area contributed by atoms with Gasteiger partial charge < -0.3 is 14.5 Å². The smallest absolute Gasteiger partial charge is 0.340 e. The molecule has 1 aromatic carbocycles. The van der Waals surface area contributed by atoms with E-state index < -0.39 is 0 Å². The molecule has 1 saturated heterocycles. The monoisotopic (exact) mass is 344 g/mol. The summed E-state index contributed by atoms with van der Waals surface area (Å²) in [5.74, 6) is -0.214. The highest BCUT2D eigenvalue weighted by Gasteiger charge is 2.25. The van der Waals surface area contributed by atoms with Crippen LogP contribution in [0.5, 0.6) is 0 Å². The molecule has 0 saturated carbocycles. The fraction of sp³-hybridized carbons (Fsp3) is 0.333. The number of amides is 1. The van der Waals surface area contributed by atoms with Gasteiger partial charge in [-0.25, -0.2) is 4.79 Å². The van der Waals surface area contributed by atoms with Gasteiger partial charge in [-0.05, 0) is 30.5 Å². The molecular weight excluding hydrogens is 324 g/mol. The molecule has 0 spiro atoms. The maximum Gasteiger partial charge on any atom is 0.340 e. The van der Waals surface area contributed by atoms with Crippen molar-refractivity contribution >= 4 is 28.9 Å². The molecule has 6 heteroatoms. The number of piperazine rings is 1. The predicted octanol–water partition coefficient (Wildman–Crippen LogP) is 2.89. The number of para-hydroxylation sites is 1. The van der Waals surface area contributed by atoms with Crippen molar-refractivity contribution < 1.29 is 14.3 Å². The van der Waals surface area contributed by atoms with Crippen LogP contribution in [-0.4, -0.2) is 49.6 Å². The zero-order chi connectivity index (χ0) is 16.9. The highest BCUT2D eigenvalue weighted by molar-refractivity contribution is 7.12. The fourth-order valence-electron chi connectivity index (χ4n) is 2.84. The average Bonchev–Trinajstić information content (AvgIpc) is 3.16. The maximum atomic E-state index is 12.4. The Kier molecular flexibility index (Phi) is 5.15. The Balaban J connectivity index is 1.69. The molecule has 0 aliphatic carbocycles. The van der Waals surface area contributed by atoms with Crippen molar-refractivity contribution in [2.45, 2.75) is 6.92 Å². The van der Waals surface area contributed by atoms with E-state index in [4.69, 9.17) is 4.74 Å². The molecule has 2 aromatic rings. The fourth-order valence-corrected chi connectivity index (χ4v) is 3.53. The van der Waals surface area contributed by atoms with Crippen molar-refractivity contribution in [1.29, 1.82) is 0 Å². The molecular formula is C18H20N2O3S. The third kappa shape index (κ3) is 3.43. The molecule has 2 heterocycles. The molecule has 24 heavy (non-hydrogen) atoms. The number of rotatable bonds is 4. The second-order valence-corrected chi connectivity index (χ2v) is 6.44. The summed E-state index contributed by atoms with van der Waals surface area (Å²) in [7, 11) is 0. The molecule has 1 amide bonds. The Morgan fingerprint density at radius 2 is 1.83 bits per heavy atom. The number of thiophene rings is 1. The summed E-state index contributed by atoms with van der Waals surface area (Å²) in [4.78, 5) is 29.3. The van der Waals surface area contributed by atoms with E-state index >= 15 is 0 Å². The SMILES string of the molecule is CCOC(=O)c1ccccc1N1CCN(C(=O)c2cccs2)CC1. The van der Waals surface area contributed by atoms with Gasteiger partial charge in [0, 0.05) is 26.2 Å². The van der Waals surface area contributed by atoms with Gasteiger partial charge in [0.25, 0.3) is 5.91 Å². The predicted molar refractivity (Wildman–Crippen MR) is 94.8 cm³/mol. The first-order valence-corrected chi connectivity index (χ1v) is 8.92. The molecule has 1 aromatic heterocycles. The van der Waals surface area contributed by atoms with E-state index in [0.29, 0.717) is 38.3 Å². The number of nitrogens with zero attached hydrogens (tertiary/aromatic N) is 2. The Morgan fingerprint density at radius 3 is 2.50 bits per heavy atom. The van der Waals surface area contributed by atoms with E-state index in [1.807, 2.05) is 40.6 Å². The van der Waals surface area contributed by atoms with Crippen LogP contribution in [0, 0.1) is 0 Å². The average molecular weight is 344 g/mol. The van der Waals surface area contributed by atoms with Crippen molar-refractivity contribution in [3.63, 3.8) is 0 Å². The van der Waals surface area contributed by atoms with E-state index in [-0.39, 0.29) is 11.9 Å². The molecule has 0 N–H and O–H groups in total. The van der Waals surface area contributed by atoms with Crippen LogP contribution >= 0.6 is 11.3 Å². The van der Waals surface area contributed by atoms with Crippen LogP contribution in [-0.2, 0) is 4.74 Å². The number of benzene rings is 1. The lowest BCUT2D eigenvalue weighted by atomic mass is 10.1. The minimum absolute atomic E-state index is 0.0864. The van der Waals surface area contributed by atoms with Crippen LogP contribution < -0.4 is 4.90 Å². The maximum absolute atomic E-state index is 12.4. The van der Waals surface area contributed by atoms with Gasteiger partial charge in [-0.3, -0.25) is 4.79 Å². The van der Waals surface area contributed by atoms with E-state index in [9.17, 15) is 9.59 Å². The lowest BCUT2D eigenvalue weighted by Gasteiger charge is -2.36. The van der Waals surface area contributed by atoms with Crippen molar-refractivity contribution in [3.05, 3.63) is 52.2 Å². The normalized spacial score (nSPS) is 14.5. The number of carbonyl (C=O) groups is 2. The largest absolute Gasteiger partial charge is 0.462 e. The molecule has 0 bridgehead atoms. The highest BCUT2D eigenvalue weighted by atomic mass is 32.1. The minimum Gasteiger partial charge on any atom is -0.462 e. The molecule has 1 aliphatic rings. The number of anilines is 1. The van der Waals surface area contributed by atoms with E-state index in [1.165, 1.54) is 11.3 Å². The van der Waals surface area contributed by atoms with Gasteiger partial charge >= 0.3 is 5.97 Å². The van der Waals surface area contributed by atoms with Gasteiger partial charge in [0.05, 0.1) is 22.7 Å². The molecule has 1 aliphatic heterocycles. The van der Waals surface area contributed by atoms with Crippen molar-refractivity contribution in [2.75, 3.05) is 37.7 Å². The number of esters is 1. The zero-order valence-corrected chi connectivity index (χ0v) is 14.4. The van der Waals surface area contributed by atoms with Crippen molar-refractivity contribution in [2.24, 2.45) is 0 Å². The summed E-state index contributed by atoms with van der Waals surface area (Å²) in [5, 5.41) is 1.92. The highest BCUT2D eigenvalue weighted by Crippen LogP contribution is 2.23. The number of carbonyl (C=O) groups excluding carboxylic acids is 2. The van der Waals surface area contributed by atoms with Crippen LogP contribution in [0.25, 0.3) is 0 Å². The van der Waals surface area contributed by atoms with Crippen LogP contribution in [0.4, 0.5) is 5.69 Å². The first-order chi connectivity index (χ1) is 11.7. The summed E-state index contributed by atoms with van der Waals surface area (Å²) in [6, 6.07) is 11.2. The second kappa shape index (κ2) is 7.49. The van der Waals surface area contributed by atoms with Crippen LogP contribution in [0.15, 0.2) is 41.8 Å². The molecule has 3 rings (SSSR count). The number of hydrogen-bond acceptors (Lipinski definition) is 5. The van der Waals surface area contributed by atoms with Crippen LogP contribution in [0.1, 0.15) is 27.0 Å².